The molecule has 0 aromatic heterocycles. The molecule has 1 N–H and O–H groups in total. The Bertz CT molecular complexity index is 412. The second kappa shape index (κ2) is 7.10. The monoisotopic (exact) mass is 284 g/mol. The number of likely N-dealkylation sites (N-methyl/N-ethyl adjacent to an activating group) is 1. The quantitative estimate of drug-likeness (QED) is 0.894. The van der Waals surface area contributed by atoms with Crippen molar-refractivity contribution in [1.29, 1.82) is 0 Å². The highest BCUT2D eigenvalue weighted by Gasteiger charge is 2.19. The van der Waals surface area contributed by atoms with Crippen molar-refractivity contribution in [3.8, 4) is 5.75 Å². The van der Waals surface area contributed by atoms with Gasteiger partial charge in [0.05, 0.1) is 24.8 Å². The van der Waals surface area contributed by atoms with Gasteiger partial charge in [-0.3, -0.25) is 4.90 Å². The van der Waals surface area contributed by atoms with Crippen molar-refractivity contribution in [2.45, 2.75) is 12.6 Å². The van der Waals surface area contributed by atoms with Crippen LogP contribution in [-0.4, -0.2) is 51.4 Å². The summed E-state index contributed by atoms with van der Waals surface area (Å²) in [5, 5.41) is 3.82. The van der Waals surface area contributed by atoms with Gasteiger partial charge in [0.2, 0.25) is 0 Å². The molecule has 1 aliphatic rings. The molecule has 5 heteroatoms. The lowest BCUT2D eigenvalue weighted by molar-refractivity contribution is -0.0291. The molecule has 1 atom stereocenters. The van der Waals surface area contributed by atoms with E-state index in [1.165, 1.54) is 5.56 Å². The van der Waals surface area contributed by atoms with Crippen LogP contribution < -0.4 is 10.1 Å². The molecule has 19 heavy (non-hydrogen) atoms. The Morgan fingerprint density at radius 3 is 3.05 bits per heavy atom. The Hall–Kier alpha value is -0.810. The molecule has 106 valence electrons. The Labute approximate surface area is 119 Å². The Balaban J connectivity index is 1.94. The first-order valence-electron chi connectivity index (χ1n) is 6.54. The average Bonchev–Trinajstić information content (AvgIpc) is 2.40. The van der Waals surface area contributed by atoms with Crippen LogP contribution in [0.25, 0.3) is 0 Å². The summed E-state index contributed by atoms with van der Waals surface area (Å²) in [6, 6.07) is 5.96. The van der Waals surface area contributed by atoms with Crippen LogP contribution in [0.3, 0.4) is 0 Å². The van der Waals surface area contributed by atoms with Crippen LogP contribution in [0.15, 0.2) is 18.2 Å². The van der Waals surface area contributed by atoms with E-state index in [4.69, 9.17) is 21.1 Å². The van der Waals surface area contributed by atoms with Crippen LogP contribution >= 0.6 is 11.6 Å². The molecule has 1 fully saturated rings. The molecule has 4 nitrogen and oxygen atoms in total. The molecule has 1 aromatic rings. The van der Waals surface area contributed by atoms with E-state index in [1.807, 2.05) is 19.2 Å². The Kier molecular flexibility index (Phi) is 5.45. The van der Waals surface area contributed by atoms with Gasteiger partial charge in [-0.2, -0.15) is 0 Å². The summed E-state index contributed by atoms with van der Waals surface area (Å²) < 4.78 is 10.9. The summed E-state index contributed by atoms with van der Waals surface area (Å²) in [6.07, 6.45) is 0.271. The zero-order valence-electron chi connectivity index (χ0n) is 11.5. The number of nitrogens with one attached hydrogen (secondary N) is 1. The minimum atomic E-state index is 0.271. The van der Waals surface area contributed by atoms with Gasteiger partial charge in [-0.05, 0) is 24.7 Å². The van der Waals surface area contributed by atoms with E-state index in [2.05, 4.69) is 16.3 Å². The molecular weight excluding hydrogens is 264 g/mol. The largest absolute Gasteiger partial charge is 0.495 e. The van der Waals surface area contributed by atoms with Crippen molar-refractivity contribution in [3.63, 3.8) is 0 Å². The normalized spacial score (nSPS) is 20.5. The number of ether oxygens (including phenoxy) is 2. The summed E-state index contributed by atoms with van der Waals surface area (Å²) in [4.78, 5) is 2.39. The van der Waals surface area contributed by atoms with Gasteiger partial charge in [-0.1, -0.05) is 17.7 Å². The third kappa shape index (κ3) is 4.08. The Morgan fingerprint density at radius 1 is 1.53 bits per heavy atom. The van der Waals surface area contributed by atoms with Gasteiger partial charge in [-0.15, -0.1) is 0 Å². The molecule has 0 aliphatic carbocycles. The lowest BCUT2D eigenvalue weighted by Crippen LogP contribution is -2.45. The topological polar surface area (TPSA) is 33.7 Å². The van der Waals surface area contributed by atoms with E-state index >= 15 is 0 Å². The number of hydrogen-bond acceptors (Lipinski definition) is 4. The molecule has 0 amide bonds. The van der Waals surface area contributed by atoms with Gasteiger partial charge < -0.3 is 14.8 Å². The lowest BCUT2D eigenvalue weighted by atomic mass is 10.2. The van der Waals surface area contributed by atoms with Gasteiger partial charge in [0.25, 0.3) is 0 Å². The summed E-state index contributed by atoms with van der Waals surface area (Å²) >= 11 is 6.15. The van der Waals surface area contributed by atoms with Crippen molar-refractivity contribution < 1.29 is 9.47 Å². The van der Waals surface area contributed by atoms with Crippen LogP contribution in [0.4, 0.5) is 0 Å². The minimum absolute atomic E-state index is 0.271. The lowest BCUT2D eigenvalue weighted by Gasteiger charge is -2.32. The number of hydrogen-bond donors (Lipinski definition) is 1. The highest BCUT2D eigenvalue weighted by atomic mass is 35.5. The third-order valence-electron chi connectivity index (χ3n) is 3.28. The highest BCUT2D eigenvalue weighted by molar-refractivity contribution is 6.32. The van der Waals surface area contributed by atoms with Crippen LogP contribution in [0.5, 0.6) is 5.75 Å². The number of rotatable bonds is 5. The number of nitrogens with zero attached hydrogens (tertiary/aromatic N) is 1. The second-order valence-corrected chi connectivity index (χ2v) is 5.16. The average molecular weight is 285 g/mol. The van der Waals surface area contributed by atoms with E-state index in [-0.39, 0.29) is 6.10 Å². The highest BCUT2D eigenvalue weighted by Crippen LogP contribution is 2.25. The summed E-state index contributed by atoms with van der Waals surface area (Å²) in [7, 11) is 3.58. The van der Waals surface area contributed by atoms with Gasteiger partial charge in [-0.25, -0.2) is 0 Å². The maximum atomic E-state index is 6.15. The molecule has 2 rings (SSSR count). The van der Waals surface area contributed by atoms with Crippen molar-refractivity contribution in [2.24, 2.45) is 0 Å². The smallest absolute Gasteiger partial charge is 0.137 e. The van der Waals surface area contributed by atoms with E-state index < -0.39 is 0 Å². The van der Waals surface area contributed by atoms with E-state index in [0.29, 0.717) is 5.02 Å². The fraction of sp³-hybridized carbons (Fsp3) is 0.571. The van der Waals surface area contributed by atoms with Crippen molar-refractivity contribution in [1.82, 2.24) is 10.2 Å². The maximum absolute atomic E-state index is 6.15. The zero-order valence-corrected chi connectivity index (χ0v) is 12.2. The molecule has 0 bridgehead atoms. The number of benzene rings is 1. The molecule has 1 unspecified atom stereocenters. The summed E-state index contributed by atoms with van der Waals surface area (Å²) in [5.74, 6) is 0.723. The Morgan fingerprint density at radius 2 is 2.37 bits per heavy atom. The molecule has 1 saturated heterocycles. The van der Waals surface area contributed by atoms with Gasteiger partial charge in [0.15, 0.2) is 0 Å². The first-order valence-corrected chi connectivity index (χ1v) is 6.91. The van der Waals surface area contributed by atoms with Crippen LogP contribution in [0, 0.1) is 0 Å². The molecular formula is C14H21ClN2O2. The second-order valence-electron chi connectivity index (χ2n) is 4.75. The summed E-state index contributed by atoms with van der Waals surface area (Å²) in [5.41, 5.74) is 1.20. The first kappa shape index (κ1) is 14.6. The van der Waals surface area contributed by atoms with Crippen LogP contribution in [0.2, 0.25) is 5.02 Å². The van der Waals surface area contributed by atoms with E-state index in [0.717, 1.165) is 38.5 Å². The van der Waals surface area contributed by atoms with Gasteiger partial charge in [0, 0.05) is 26.2 Å². The number of halogens is 1. The van der Waals surface area contributed by atoms with E-state index in [9.17, 15) is 0 Å². The van der Waals surface area contributed by atoms with E-state index in [1.54, 1.807) is 7.11 Å². The SMILES string of the molecule is CNCC1CN(Cc2ccc(OC)c(Cl)c2)CCO1. The fourth-order valence-electron chi connectivity index (χ4n) is 2.34. The minimum Gasteiger partial charge on any atom is -0.495 e. The molecule has 0 spiro atoms. The molecule has 1 aliphatic heterocycles. The first-order chi connectivity index (χ1) is 9.22. The maximum Gasteiger partial charge on any atom is 0.137 e. The van der Waals surface area contributed by atoms with Crippen molar-refractivity contribution >= 4 is 11.6 Å². The predicted octanol–water partition coefficient (Wildman–Crippen LogP) is 1.77. The number of morpholine rings is 1. The predicted molar refractivity (Wildman–Crippen MR) is 76.9 cm³/mol. The number of methoxy groups -OCH3 is 1. The fourth-order valence-corrected chi connectivity index (χ4v) is 2.62. The van der Waals surface area contributed by atoms with Gasteiger partial charge >= 0.3 is 0 Å². The molecule has 1 heterocycles. The third-order valence-corrected chi connectivity index (χ3v) is 3.57. The van der Waals surface area contributed by atoms with Crippen molar-refractivity contribution in [2.75, 3.05) is 40.4 Å². The molecule has 0 radical (unpaired) electrons. The molecule has 0 saturated carbocycles. The standard InChI is InChI=1S/C14H21ClN2O2/c1-16-8-12-10-17(5-6-19-12)9-11-3-4-14(18-2)13(15)7-11/h3-4,7,12,16H,5-6,8-10H2,1-2H3. The van der Waals surface area contributed by atoms with Gasteiger partial charge in [0.1, 0.15) is 5.75 Å². The summed E-state index contributed by atoms with van der Waals surface area (Å²) in [6.45, 7) is 4.48. The zero-order chi connectivity index (χ0) is 13.7. The van der Waals surface area contributed by atoms with Crippen molar-refractivity contribution in [3.05, 3.63) is 28.8 Å². The van der Waals surface area contributed by atoms with Crippen LogP contribution in [0.1, 0.15) is 5.56 Å². The van der Waals surface area contributed by atoms with Crippen LogP contribution in [-0.2, 0) is 11.3 Å². The molecule has 1 aromatic carbocycles.